The SMILES string of the molecule is CN1CC2(CC2)c2c(Br)cc(CO[Si](C)(C)C(C)(C)C)cc2C1=O. The summed E-state index contributed by atoms with van der Waals surface area (Å²) in [5.41, 5.74) is 3.37. The minimum absolute atomic E-state index is 0.136. The Morgan fingerprint density at radius 1 is 1.29 bits per heavy atom. The summed E-state index contributed by atoms with van der Waals surface area (Å²) in [5, 5.41) is 0.187. The lowest BCUT2D eigenvalue weighted by Crippen LogP contribution is -2.41. The predicted molar refractivity (Wildman–Crippen MR) is 104 cm³/mol. The van der Waals surface area contributed by atoms with Gasteiger partial charge >= 0.3 is 0 Å². The molecule has 3 nitrogen and oxygen atoms in total. The van der Waals surface area contributed by atoms with Gasteiger partial charge < -0.3 is 9.33 Å². The summed E-state index contributed by atoms with van der Waals surface area (Å²) in [4.78, 5) is 14.5. The van der Waals surface area contributed by atoms with Crippen LogP contribution in [0, 0.1) is 0 Å². The number of halogens is 1. The van der Waals surface area contributed by atoms with Crippen LogP contribution in [0.2, 0.25) is 18.1 Å². The maximum absolute atomic E-state index is 12.7. The van der Waals surface area contributed by atoms with E-state index < -0.39 is 8.32 Å². The summed E-state index contributed by atoms with van der Waals surface area (Å²) in [6.07, 6.45) is 2.35. The molecule has 1 aromatic carbocycles. The minimum Gasteiger partial charge on any atom is -0.413 e. The first-order chi connectivity index (χ1) is 11.0. The molecule has 5 heteroatoms. The number of nitrogens with zero attached hydrogens (tertiary/aromatic N) is 1. The molecule has 0 bridgehead atoms. The first-order valence-corrected chi connectivity index (χ1v) is 12.4. The highest BCUT2D eigenvalue weighted by atomic mass is 79.9. The largest absolute Gasteiger partial charge is 0.413 e. The van der Waals surface area contributed by atoms with Crippen LogP contribution >= 0.6 is 15.9 Å². The van der Waals surface area contributed by atoms with Crippen LogP contribution in [0.5, 0.6) is 0 Å². The maximum Gasteiger partial charge on any atom is 0.253 e. The third-order valence-electron chi connectivity index (χ3n) is 6.06. The fourth-order valence-corrected chi connectivity index (χ4v) is 5.19. The Kier molecular flexibility index (Phi) is 4.29. The van der Waals surface area contributed by atoms with Crippen LogP contribution in [-0.4, -0.2) is 32.7 Å². The number of fused-ring (bicyclic) bond motifs is 2. The summed E-state index contributed by atoms with van der Waals surface area (Å²) < 4.78 is 7.43. The first kappa shape index (κ1) is 18.1. The molecule has 1 saturated carbocycles. The van der Waals surface area contributed by atoms with Crippen LogP contribution in [0.3, 0.4) is 0 Å². The van der Waals surface area contributed by atoms with Gasteiger partial charge in [-0.15, -0.1) is 0 Å². The monoisotopic (exact) mass is 409 g/mol. The lowest BCUT2D eigenvalue weighted by atomic mass is 9.86. The Morgan fingerprint density at radius 3 is 2.46 bits per heavy atom. The summed E-state index contributed by atoms with van der Waals surface area (Å²) >= 11 is 3.74. The second-order valence-corrected chi connectivity index (χ2v) is 14.7. The van der Waals surface area contributed by atoms with Gasteiger partial charge in [-0.05, 0) is 54.2 Å². The van der Waals surface area contributed by atoms with Crippen LogP contribution in [0.4, 0.5) is 0 Å². The normalized spacial score (nSPS) is 19.6. The van der Waals surface area contributed by atoms with Gasteiger partial charge in [0, 0.05) is 29.0 Å². The predicted octanol–water partition coefficient (Wildman–Crippen LogP) is 5.09. The van der Waals surface area contributed by atoms with Gasteiger partial charge in [0.25, 0.3) is 5.91 Å². The third kappa shape index (κ3) is 2.99. The molecule has 0 aromatic heterocycles. The number of benzene rings is 1. The Hall–Kier alpha value is -0.653. The zero-order valence-electron chi connectivity index (χ0n) is 15.6. The van der Waals surface area contributed by atoms with Crippen LogP contribution in [0.25, 0.3) is 0 Å². The second kappa shape index (κ2) is 5.68. The molecule has 0 unspecified atom stereocenters. The molecule has 1 aromatic rings. The number of rotatable bonds is 3. The molecule has 132 valence electrons. The molecule has 1 aliphatic heterocycles. The third-order valence-corrected chi connectivity index (χ3v) is 11.2. The Balaban J connectivity index is 1.91. The van der Waals surface area contributed by atoms with Crippen molar-refractivity contribution in [3.05, 3.63) is 33.3 Å². The van der Waals surface area contributed by atoms with E-state index in [1.54, 1.807) is 0 Å². The van der Waals surface area contributed by atoms with Crippen LogP contribution in [-0.2, 0) is 16.4 Å². The zero-order chi connectivity index (χ0) is 17.9. The molecule has 0 saturated heterocycles. The van der Waals surface area contributed by atoms with Crippen molar-refractivity contribution >= 4 is 30.2 Å². The van der Waals surface area contributed by atoms with Crippen molar-refractivity contribution in [2.45, 2.75) is 63.8 Å². The van der Waals surface area contributed by atoms with Gasteiger partial charge in [-0.1, -0.05) is 36.7 Å². The zero-order valence-corrected chi connectivity index (χ0v) is 18.2. The van der Waals surface area contributed by atoms with Crippen LogP contribution in [0.15, 0.2) is 16.6 Å². The molecular formula is C19H28BrNO2Si. The average molecular weight is 410 g/mol. The number of hydrogen-bond donors (Lipinski definition) is 0. The summed E-state index contributed by atoms with van der Waals surface area (Å²) in [5.74, 6) is 0.136. The minimum atomic E-state index is -1.80. The molecule has 2 aliphatic rings. The molecule has 1 fully saturated rings. The molecule has 3 rings (SSSR count). The van der Waals surface area contributed by atoms with Gasteiger partial charge in [-0.2, -0.15) is 0 Å². The number of hydrogen-bond acceptors (Lipinski definition) is 2. The van der Waals surface area contributed by atoms with E-state index in [0.717, 1.165) is 22.1 Å². The van der Waals surface area contributed by atoms with Crippen molar-refractivity contribution in [1.29, 1.82) is 0 Å². The molecule has 24 heavy (non-hydrogen) atoms. The molecule has 1 aliphatic carbocycles. The Morgan fingerprint density at radius 2 is 1.92 bits per heavy atom. The Labute approximate surface area is 155 Å². The van der Waals surface area contributed by atoms with E-state index in [1.807, 2.05) is 11.9 Å². The van der Waals surface area contributed by atoms with E-state index in [1.165, 1.54) is 18.4 Å². The highest BCUT2D eigenvalue weighted by molar-refractivity contribution is 9.10. The molecule has 1 spiro atoms. The fraction of sp³-hybridized carbons (Fsp3) is 0.632. The lowest BCUT2D eigenvalue weighted by molar-refractivity contribution is 0.0757. The fourth-order valence-electron chi connectivity index (χ4n) is 3.30. The molecule has 0 radical (unpaired) electrons. The van der Waals surface area contributed by atoms with Crippen LogP contribution in [0.1, 0.15) is 55.1 Å². The van der Waals surface area contributed by atoms with E-state index in [4.69, 9.17) is 4.43 Å². The van der Waals surface area contributed by atoms with Crippen molar-refractivity contribution in [3.8, 4) is 0 Å². The first-order valence-electron chi connectivity index (χ1n) is 8.69. The van der Waals surface area contributed by atoms with E-state index in [2.05, 4.69) is 61.9 Å². The molecule has 0 N–H and O–H groups in total. The number of carbonyl (C=O) groups is 1. The molecule has 1 amide bonds. The number of likely N-dealkylation sites (N-methyl/N-ethyl adjacent to an activating group) is 1. The van der Waals surface area contributed by atoms with E-state index in [9.17, 15) is 4.79 Å². The van der Waals surface area contributed by atoms with Crippen LogP contribution < -0.4 is 0 Å². The quantitative estimate of drug-likeness (QED) is 0.650. The standard InChI is InChI=1S/C19H28BrNO2Si/c1-18(2,3)24(5,6)23-11-13-9-14-16(15(20)10-13)19(7-8-19)12-21(4)17(14)22/h9-10H,7-8,11-12H2,1-6H3. The molecule has 1 heterocycles. The van der Waals surface area contributed by atoms with Gasteiger partial charge in [0.15, 0.2) is 8.32 Å². The average Bonchev–Trinajstić information content (AvgIpc) is 3.21. The van der Waals surface area contributed by atoms with Gasteiger partial charge in [-0.3, -0.25) is 4.79 Å². The molecule has 0 atom stereocenters. The van der Waals surface area contributed by atoms with Gasteiger partial charge in [0.2, 0.25) is 0 Å². The molecular weight excluding hydrogens is 382 g/mol. The van der Waals surface area contributed by atoms with E-state index >= 15 is 0 Å². The van der Waals surface area contributed by atoms with Crippen molar-refractivity contribution in [3.63, 3.8) is 0 Å². The Bertz CT molecular complexity index is 689. The van der Waals surface area contributed by atoms with Crippen molar-refractivity contribution in [2.75, 3.05) is 13.6 Å². The van der Waals surface area contributed by atoms with E-state index in [0.29, 0.717) is 6.61 Å². The second-order valence-electron chi connectivity index (χ2n) is 8.99. The highest BCUT2D eigenvalue weighted by Gasteiger charge is 2.51. The topological polar surface area (TPSA) is 29.5 Å². The smallest absolute Gasteiger partial charge is 0.253 e. The van der Waals surface area contributed by atoms with Crippen molar-refractivity contribution < 1.29 is 9.22 Å². The van der Waals surface area contributed by atoms with Gasteiger partial charge in [0.05, 0.1) is 6.61 Å². The van der Waals surface area contributed by atoms with Crippen molar-refractivity contribution in [2.24, 2.45) is 0 Å². The van der Waals surface area contributed by atoms with Gasteiger partial charge in [-0.25, -0.2) is 0 Å². The maximum atomic E-state index is 12.7. The summed E-state index contributed by atoms with van der Waals surface area (Å²) in [6.45, 7) is 12.7. The van der Waals surface area contributed by atoms with Gasteiger partial charge in [0.1, 0.15) is 0 Å². The summed E-state index contributed by atoms with van der Waals surface area (Å²) in [6, 6.07) is 4.22. The number of carbonyl (C=O) groups excluding carboxylic acids is 1. The summed E-state index contributed by atoms with van der Waals surface area (Å²) in [7, 11) is 0.117. The lowest BCUT2D eigenvalue weighted by Gasteiger charge is -2.36. The highest BCUT2D eigenvalue weighted by Crippen LogP contribution is 2.54. The van der Waals surface area contributed by atoms with Crippen molar-refractivity contribution in [1.82, 2.24) is 4.90 Å². The number of amides is 1. The van der Waals surface area contributed by atoms with E-state index in [-0.39, 0.29) is 16.4 Å².